The molecule has 0 fully saturated rings. The van der Waals surface area contributed by atoms with Crippen LogP contribution in [0.25, 0.3) is 0 Å². The second kappa shape index (κ2) is 6.68. The van der Waals surface area contributed by atoms with Gasteiger partial charge in [-0.3, -0.25) is 9.59 Å². The lowest BCUT2D eigenvalue weighted by atomic mass is 10.0. The van der Waals surface area contributed by atoms with Crippen molar-refractivity contribution < 1.29 is 23.7 Å². The molecule has 8 nitrogen and oxygen atoms in total. The molecule has 2 heterocycles. The van der Waals surface area contributed by atoms with Crippen LogP contribution >= 0.6 is 0 Å². The Labute approximate surface area is 143 Å². The summed E-state index contributed by atoms with van der Waals surface area (Å²) in [6.07, 6.45) is 4.75. The first kappa shape index (κ1) is 16.6. The van der Waals surface area contributed by atoms with Crippen molar-refractivity contribution in [2.75, 3.05) is 13.7 Å². The molecule has 3 rings (SSSR count). The van der Waals surface area contributed by atoms with Crippen molar-refractivity contribution in [3.63, 3.8) is 0 Å². The first-order chi connectivity index (χ1) is 12.0. The molecule has 2 N–H and O–H groups in total. The van der Waals surface area contributed by atoms with Gasteiger partial charge in [0.05, 0.1) is 7.11 Å². The highest BCUT2D eigenvalue weighted by Crippen LogP contribution is 2.21. The van der Waals surface area contributed by atoms with Gasteiger partial charge in [-0.15, -0.1) is 4.99 Å². The van der Waals surface area contributed by atoms with Crippen LogP contribution in [0.15, 0.2) is 41.4 Å². The lowest BCUT2D eigenvalue weighted by Crippen LogP contribution is -2.55. The number of nitrogens with two attached hydrogens (primary N) is 1. The Kier molecular flexibility index (Phi) is 4.42. The van der Waals surface area contributed by atoms with E-state index in [0.29, 0.717) is 5.75 Å². The smallest absolute Gasteiger partial charge is 0.446 e. The fraction of sp³-hybridized carbons (Fsp3) is 0.235. The third-order valence-electron chi connectivity index (χ3n) is 3.96. The molecule has 1 aromatic carbocycles. The normalized spacial score (nSPS) is 19.2. The number of amidine groups is 1. The third kappa shape index (κ3) is 3.18. The second-order valence-corrected chi connectivity index (χ2v) is 5.61. The van der Waals surface area contributed by atoms with Crippen molar-refractivity contribution in [2.45, 2.75) is 6.54 Å². The third-order valence-corrected chi connectivity index (χ3v) is 3.96. The zero-order valence-electron chi connectivity index (χ0n) is 13.6. The summed E-state index contributed by atoms with van der Waals surface area (Å²) in [5.41, 5.74) is 6.00. The summed E-state index contributed by atoms with van der Waals surface area (Å²) < 4.78 is 6.25. The van der Waals surface area contributed by atoms with Gasteiger partial charge in [-0.25, -0.2) is 4.79 Å². The molecule has 1 atom stereocenters. The lowest BCUT2D eigenvalue weighted by molar-refractivity contribution is -0.430. The number of imide groups is 1. The molecular formula is C17H17N4O4+. The Morgan fingerprint density at radius 3 is 2.68 bits per heavy atom. The Morgan fingerprint density at radius 2 is 2.04 bits per heavy atom. The minimum absolute atomic E-state index is 0.0816. The average molecular weight is 341 g/mol. The predicted molar refractivity (Wildman–Crippen MR) is 89.4 cm³/mol. The largest absolute Gasteiger partial charge is 0.497 e. The van der Waals surface area contributed by atoms with E-state index in [1.807, 2.05) is 0 Å². The molecule has 2 aliphatic rings. The molecule has 1 unspecified atom stereocenters. The zero-order valence-corrected chi connectivity index (χ0v) is 13.6. The number of primary amides is 1. The van der Waals surface area contributed by atoms with Crippen molar-refractivity contribution in [3.8, 4) is 5.75 Å². The maximum Gasteiger partial charge on any atom is 0.446 e. The van der Waals surface area contributed by atoms with Crippen molar-refractivity contribution in [2.24, 2.45) is 16.6 Å². The van der Waals surface area contributed by atoms with Crippen molar-refractivity contribution in [1.82, 2.24) is 4.90 Å². The summed E-state index contributed by atoms with van der Waals surface area (Å²) in [6, 6.07) is 6.42. The van der Waals surface area contributed by atoms with Crippen LogP contribution in [0.1, 0.15) is 5.56 Å². The number of carbonyl (C=O) groups is 3. The number of dihydropyridines is 1. The van der Waals surface area contributed by atoms with Crippen molar-refractivity contribution in [1.29, 1.82) is 0 Å². The van der Waals surface area contributed by atoms with Gasteiger partial charge in [0, 0.05) is 0 Å². The molecule has 0 spiro atoms. The van der Waals surface area contributed by atoms with Crippen molar-refractivity contribution >= 4 is 29.9 Å². The first-order valence-corrected chi connectivity index (χ1v) is 7.63. The van der Waals surface area contributed by atoms with Gasteiger partial charge in [-0.05, 0) is 23.8 Å². The van der Waals surface area contributed by atoms with Crippen LogP contribution in [0.5, 0.6) is 5.75 Å². The highest BCUT2D eigenvalue weighted by Gasteiger charge is 2.46. The second-order valence-electron chi connectivity index (χ2n) is 5.61. The number of methoxy groups -OCH3 is 1. The van der Waals surface area contributed by atoms with Gasteiger partial charge in [0.1, 0.15) is 18.5 Å². The number of aliphatic imine (C=N–C) groups is 1. The summed E-state index contributed by atoms with van der Waals surface area (Å²) in [5.74, 6) is -0.870. The van der Waals surface area contributed by atoms with E-state index in [4.69, 9.17) is 10.5 Å². The Hall–Kier alpha value is -3.29. The van der Waals surface area contributed by atoms with E-state index in [1.54, 1.807) is 43.5 Å². The van der Waals surface area contributed by atoms with Gasteiger partial charge in [0.25, 0.3) is 11.7 Å². The summed E-state index contributed by atoms with van der Waals surface area (Å²) in [5, 5.41) is 0. The number of hydrogen-bond donors (Lipinski definition) is 1. The number of ether oxygens (including phenoxy) is 1. The fourth-order valence-corrected chi connectivity index (χ4v) is 2.75. The molecule has 0 saturated heterocycles. The summed E-state index contributed by atoms with van der Waals surface area (Å²) in [6.45, 7) is -0.250. The van der Waals surface area contributed by atoms with Crippen LogP contribution in [0.2, 0.25) is 0 Å². The van der Waals surface area contributed by atoms with Crippen LogP contribution in [0.3, 0.4) is 0 Å². The van der Waals surface area contributed by atoms with Gasteiger partial charge in [-0.2, -0.15) is 9.48 Å². The number of carbonyl (C=O) groups excluding carboxylic acids is 3. The Bertz CT molecular complexity index is 824. The topological polar surface area (TPSA) is 105 Å². The number of amides is 4. The number of benzene rings is 1. The molecule has 128 valence electrons. The molecule has 1 aromatic rings. The highest BCUT2D eigenvalue weighted by molar-refractivity contribution is 6.15. The van der Waals surface area contributed by atoms with E-state index >= 15 is 0 Å². The maximum atomic E-state index is 12.7. The first-order valence-electron chi connectivity index (χ1n) is 7.63. The number of nitrogens with zero attached hydrogens (tertiary/aromatic N) is 3. The monoisotopic (exact) mass is 341 g/mol. The molecule has 0 aliphatic carbocycles. The van der Waals surface area contributed by atoms with Crippen LogP contribution in [0.4, 0.5) is 4.79 Å². The number of rotatable bonds is 5. The standard InChI is InChI=1S/C17H16N4O4/c1-25-12-6-4-11(5-7-12)9-21-16(23)13-3-2-8-19-15(13)20(17(21)24)10-14(18)22/h2-8,13H,9-10H2,1H3,(H-,18,22)/p+1. The van der Waals surface area contributed by atoms with Gasteiger partial charge in [-0.1, -0.05) is 18.2 Å². The van der Waals surface area contributed by atoms with E-state index in [0.717, 1.165) is 15.0 Å². The molecule has 2 aliphatic heterocycles. The number of fused-ring (bicyclic) bond motifs is 1. The molecule has 25 heavy (non-hydrogen) atoms. The molecule has 0 bridgehead atoms. The van der Waals surface area contributed by atoms with Gasteiger partial charge >= 0.3 is 11.9 Å². The number of hydrogen-bond acceptors (Lipinski definition) is 5. The Morgan fingerprint density at radius 1 is 1.32 bits per heavy atom. The lowest BCUT2D eigenvalue weighted by Gasteiger charge is -2.26. The van der Waals surface area contributed by atoms with E-state index in [1.165, 1.54) is 6.21 Å². The minimum Gasteiger partial charge on any atom is -0.497 e. The molecule has 0 radical (unpaired) electrons. The summed E-state index contributed by atoms with van der Waals surface area (Å²) >= 11 is 0. The SMILES string of the molecule is COc1ccc(CN2C(=O)C3C=CC=NC3=[N+](CC(N)=O)C2=O)cc1. The van der Waals surface area contributed by atoms with Crippen molar-refractivity contribution in [3.05, 3.63) is 42.0 Å². The zero-order chi connectivity index (χ0) is 18.0. The van der Waals surface area contributed by atoms with Crippen LogP contribution < -0.4 is 10.5 Å². The molecule has 8 heteroatoms. The minimum atomic E-state index is -0.708. The molecular weight excluding hydrogens is 324 g/mol. The van der Waals surface area contributed by atoms with Crippen LogP contribution in [-0.2, 0) is 16.1 Å². The van der Waals surface area contributed by atoms with E-state index in [2.05, 4.69) is 4.99 Å². The molecule has 0 saturated carbocycles. The molecule has 0 aromatic heterocycles. The van der Waals surface area contributed by atoms with Gasteiger partial charge < -0.3 is 10.5 Å². The number of allylic oxidation sites excluding steroid dienone is 1. The van der Waals surface area contributed by atoms with E-state index in [9.17, 15) is 14.4 Å². The quantitative estimate of drug-likeness (QED) is 0.778. The van der Waals surface area contributed by atoms with Gasteiger partial charge in [0.15, 0.2) is 12.5 Å². The van der Waals surface area contributed by atoms with Crippen LogP contribution in [0, 0.1) is 5.92 Å². The Balaban J connectivity index is 1.94. The maximum absolute atomic E-state index is 12.7. The predicted octanol–water partition coefficient (Wildman–Crippen LogP) is 0.310. The summed E-state index contributed by atoms with van der Waals surface area (Å²) in [4.78, 5) is 42.0. The van der Waals surface area contributed by atoms with E-state index < -0.39 is 17.9 Å². The van der Waals surface area contributed by atoms with Gasteiger partial charge in [0.2, 0.25) is 0 Å². The van der Waals surface area contributed by atoms with Crippen LogP contribution in [-0.4, -0.2) is 53.0 Å². The molecule has 4 amide bonds. The average Bonchev–Trinajstić information content (AvgIpc) is 2.62. The number of urea groups is 1. The fourth-order valence-electron chi connectivity index (χ4n) is 2.75. The summed E-state index contributed by atoms with van der Waals surface area (Å²) in [7, 11) is 1.56. The highest BCUT2D eigenvalue weighted by atomic mass is 16.5. The van der Waals surface area contributed by atoms with E-state index in [-0.39, 0.29) is 24.8 Å².